The third-order valence-electron chi connectivity index (χ3n) is 3.89. The quantitative estimate of drug-likeness (QED) is 0.832. The molecule has 2 N–H and O–H groups in total. The predicted octanol–water partition coefficient (Wildman–Crippen LogP) is 3.18. The van der Waals surface area contributed by atoms with E-state index in [1.54, 1.807) is 0 Å². The number of nitrogens with zero attached hydrogens (tertiary/aromatic N) is 2. The van der Waals surface area contributed by atoms with Crippen molar-refractivity contribution in [3.63, 3.8) is 0 Å². The Bertz CT molecular complexity index is 582. The SMILES string of the molecule is CCCCN1C(=S)N[C@H](c2ccccn2)[C@@H]1c1ccc[nH]1. The van der Waals surface area contributed by atoms with E-state index in [0.717, 1.165) is 30.2 Å². The normalized spacial score (nSPS) is 21.6. The monoisotopic (exact) mass is 300 g/mol. The lowest BCUT2D eigenvalue weighted by Crippen LogP contribution is -2.30. The zero-order valence-electron chi connectivity index (χ0n) is 12.1. The fourth-order valence-electron chi connectivity index (χ4n) is 2.84. The predicted molar refractivity (Wildman–Crippen MR) is 87.9 cm³/mol. The van der Waals surface area contributed by atoms with Gasteiger partial charge in [0.2, 0.25) is 0 Å². The molecule has 110 valence electrons. The molecule has 1 fully saturated rings. The molecule has 1 saturated heterocycles. The second-order valence-electron chi connectivity index (χ2n) is 5.30. The summed E-state index contributed by atoms with van der Waals surface area (Å²) >= 11 is 5.56. The zero-order valence-corrected chi connectivity index (χ0v) is 12.9. The maximum atomic E-state index is 5.56. The van der Waals surface area contributed by atoms with Crippen molar-refractivity contribution in [2.24, 2.45) is 0 Å². The summed E-state index contributed by atoms with van der Waals surface area (Å²) in [6.45, 7) is 3.17. The minimum absolute atomic E-state index is 0.0919. The van der Waals surface area contributed by atoms with Crippen LogP contribution in [-0.2, 0) is 0 Å². The minimum Gasteiger partial charge on any atom is -0.363 e. The molecule has 0 bridgehead atoms. The first kappa shape index (κ1) is 14.1. The van der Waals surface area contributed by atoms with Crippen molar-refractivity contribution >= 4 is 17.3 Å². The van der Waals surface area contributed by atoms with Crippen molar-refractivity contribution in [3.05, 3.63) is 54.1 Å². The smallest absolute Gasteiger partial charge is 0.170 e. The summed E-state index contributed by atoms with van der Waals surface area (Å²) in [6.07, 6.45) is 6.09. The third kappa shape index (κ3) is 2.78. The number of hydrogen-bond donors (Lipinski definition) is 2. The number of nitrogens with one attached hydrogen (secondary N) is 2. The van der Waals surface area contributed by atoms with Gasteiger partial charge in [-0.15, -0.1) is 0 Å². The number of rotatable bonds is 5. The molecule has 4 nitrogen and oxygen atoms in total. The molecule has 2 aromatic rings. The van der Waals surface area contributed by atoms with E-state index >= 15 is 0 Å². The molecule has 3 heterocycles. The molecule has 1 aliphatic heterocycles. The Morgan fingerprint density at radius 2 is 2.19 bits per heavy atom. The Kier molecular flexibility index (Phi) is 4.20. The second-order valence-corrected chi connectivity index (χ2v) is 5.69. The molecule has 0 unspecified atom stereocenters. The number of hydrogen-bond acceptors (Lipinski definition) is 2. The standard InChI is InChI=1S/C16H20N4S/c1-2-3-11-20-15(13-8-6-10-18-13)14(19-16(20)21)12-7-4-5-9-17-12/h4-10,14-15,18H,2-3,11H2,1H3,(H,19,21)/t14-,15+/m1/s1. The van der Waals surface area contributed by atoms with Gasteiger partial charge in [0.05, 0.1) is 17.8 Å². The third-order valence-corrected chi connectivity index (χ3v) is 4.24. The summed E-state index contributed by atoms with van der Waals surface area (Å²) in [6, 6.07) is 10.4. The highest BCUT2D eigenvalue weighted by atomic mass is 32.1. The number of thiocarbonyl (C=S) groups is 1. The van der Waals surface area contributed by atoms with Crippen LogP contribution in [0.25, 0.3) is 0 Å². The van der Waals surface area contributed by atoms with Crippen LogP contribution < -0.4 is 5.32 Å². The Morgan fingerprint density at radius 3 is 2.86 bits per heavy atom. The number of unbranched alkanes of at least 4 members (excludes halogenated alkanes) is 1. The minimum atomic E-state index is 0.0919. The molecule has 1 aliphatic rings. The molecule has 0 amide bonds. The number of aromatic amines is 1. The molecule has 0 radical (unpaired) electrons. The molecule has 0 aromatic carbocycles. The van der Waals surface area contributed by atoms with Gasteiger partial charge in [-0.3, -0.25) is 4.98 Å². The molecule has 5 heteroatoms. The lowest BCUT2D eigenvalue weighted by molar-refractivity contribution is 0.308. The van der Waals surface area contributed by atoms with Gasteiger partial charge in [0.25, 0.3) is 0 Å². The molecule has 0 aliphatic carbocycles. The van der Waals surface area contributed by atoms with Gasteiger partial charge in [0.15, 0.2) is 5.11 Å². The van der Waals surface area contributed by atoms with E-state index in [0.29, 0.717) is 0 Å². The molecular formula is C16H20N4S. The van der Waals surface area contributed by atoms with E-state index in [1.807, 2.05) is 30.6 Å². The lowest BCUT2D eigenvalue weighted by atomic mass is 10.0. The van der Waals surface area contributed by atoms with Crippen LogP contribution in [0.1, 0.15) is 43.2 Å². The summed E-state index contributed by atoms with van der Waals surface area (Å²) < 4.78 is 0. The molecule has 3 rings (SSSR count). The van der Waals surface area contributed by atoms with Crippen molar-refractivity contribution in [1.82, 2.24) is 20.2 Å². The number of pyridine rings is 1. The zero-order chi connectivity index (χ0) is 14.7. The van der Waals surface area contributed by atoms with Gasteiger partial charge in [-0.05, 0) is 42.9 Å². The molecule has 0 spiro atoms. The van der Waals surface area contributed by atoms with Gasteiger partial charge in [-0.1, -0.05) is 19.4 Å². The second kappa shape index (κ2) is 6.26. The van der Waals surface area contributed by atoms with E-state index in [9.17, 15) is 0 Å². The first-order chi connectivity index (χ1) is 10.3. The summed E-state index contributed by atoms with van der Waals surface area (Å²) in [7, 11) is 0. The maximum absolute atomic E-state index is 5.56. The average molecular weight is 300 g/mol. The van der Waals surface area contributed by atoms with E-state index in [4.69, 9.17) is 12.2 Å². The van der Waals surface area contributed by atoms with Gasteiger partial charge < -0.3 is 15.2 Å². The Hall–Kier alpha value is -1.88. The fraction of sp³-hybridized carbons (Fsp3) is 0.375. The van der Waals surface area contributed by atoms with Gasteiger partial charge in [-0.25, -0.2) is 0 Å². The van der Waals surface area contributed by atoms with Crippen LogP contribution in [-0.4, -0.2) is 26.5 Å². The molecule has 21 heavy (non-hydrogen) atoms. The highest BCUT2D eigenvalue weighted by Crippen LogP contribution is 2.37. The van der Waals surface area contributed by atoms with Gasteiger partial charge in [0.1, 0.15) is 0 Å². The summed E-state index contributed by atoms with van der Waals surface area (Å²) in [5, 5.41) is 4.26. The Labute approximate surface area is 130 Å². The van der Waals surface area contributed by atoms with Crippen LogP contribution in [0.2, 0.25) is 0 Å². The summed E-state index contributed by atoms with van der Waals surface area (Å²) in [4.78, 5) is 10.1. The molecule has 2 atom stereocenters. The van der Waals surface area contributed by atoms with Crippen molar-refractivity contribution < 1.29 is 0 Å². The summed E-state index contributed by atoms with van der Waals surface area (Å²) in [5.74, 6) is 0. The lowest BCUT2D eigenvalue weighted by Gasteiger charge is -2.26. The van der Waals surface area contributed by atoms with Crippen LogP contribution in [0, 0.1) is 0 Å². The highest BCUT2D eigenvalue weighted by Gasteiger charge is 2.39. The molecular weight excluding hydrogens is 280 g/mol. The van der Waals surface area contributed by atoms with E-state index in [-0.39, 0.29) is 12.1 Å². The van der Waals surface area contributed by atoms with Gasteiger partial charge in [0, 0.05) is 24.6 Å². The van der Waals surface area contributed by atoms with Gasteiger partial charge in [-0.2, -0.15) is 0 Å². The molecule has 2 aromatic heterocycles. The largest absolute Gasteiger partial charge is 0.363 e. The van der Waals surface area contributed by atoms with E-state index < -0.39 is 0 Å². The first-order valence-electron chi connectivity index (χ1n) is 7.42. The fourth-order valence-corrected chi connectivity index (χ4v) is 3.17. The topological polar surface area (TPSA) is 44.0 Å². The summed E-state index contributed by atoms with van der Waals surface area (Å²) in [5.41, 5.74) is 2.20. The van der Waals surface area contributed by atoms with Crippen molar-refractivity contribution in [1.29, 1.82) is 0 Å². The van der Waals surface area contributed by atoms with Gasteiger partial charge >= 0.3 is 0 Å². The van der Waals surface area contributed by atoms with Crippen LogP contribution in [0.5, 0.6) is 0 Å². The Balaban J connectivity index is 1.94. The van der Waals surface area contributed by atoms with Crippen LogP contribution in [0.3, 0.4) is 0 Å². The van der Waals surface area contributed by atoms with Crippen LogP contribution in [0.15, 0.2) is 42.7 Å². The van der Waals surface area contributed by atoms with Crippen molar-refractivity contribution in [3.8, 4) is 0 Å². The average Bonchev–Trinajstić information content (AvgIpc) is 3.13. The van der Waals surface area contributed by atoms with Crippen molar-refractivity contribution in [2.45, 2.75) is 31.8 Å². The van der Waals surface area contributed by atoms with Crippen LogP contribution >= 0.6 is 12.2 Å². The number of aromatic nitrogens is 2. The first-order valence-corrected chi connectivity index (χ1v) is 7.83. The van der Waals surface area contributed by atoms with Crippen LogP contribution in [0.4, 0.5) is 0 Å². The number of H-pyrrole nitrogens is 1. The maximum Gasteiger partial charge on any atom is 0.170 e. The Morgan fingerprint density at radius 1 is 1.29 bits per heavy atom. The molecule has 0 saturated carbocycles. The van der Waals surface area contributed by atoms with E-state index in [2.05, 4.69) is 39.2 Å². The highest BCUT2D eigenvalue weighted by molar-refractivity contribution is 7.80. The van der Waals surface area contributed by atoms with Crippen molar-refractivity contribution in [2.75, 3.05) is 6.54 Å². The van der Waals surface area contributed by atoms with E-state index in [1.165, 1.54) is 5.69 Å².